The quantitative estimate of drug-likeness (QED) is 0.0772. The molecule has 0 amide bonds. The summed E-state index contributed by atoms with van der Waals surface area (Å²) in [6.45, 7) is 13.3. The minimum Gasteiger partial charge on any atom is -0.748 e. The monoisotopic (exact) mass is 990 g/mol. The van der Waals surface area contributed by atoms with Gasteiger partial charge in [-0.1, -0.05) is 96.8 Å². The fourth-order valence-corrected chi connectivity index (χ4v) is 13.7. The van der Waals surface area contributed by atoms with Crippen molar-refractivity contribution < 1.29 is 35.1 Å². The third-order valence-corrected chi connectivity index (χ3v) is 17.2. The van der Waals surface area contributed by atoms with Gasteiger partial charge in [0.1, 0.15) is 6.54 Å². The minimum absolute atomic E-state index is 0.208. The highest BCUT2D eigenvalue weighted by molar-refractivity contribution is 8.03. The van der Waals surface area contributed by atoms with Crippen LogP contribution in [0.25, 0.3) is 49.4 Å². The molecule has 7 aromatic rings. The summed E-state index contributed by atoms with van der Waals surface area (Å²) in [5, 5.41) is 5.35. The molecule has 0 radical (unpaired) electrons. The average Bonchev–Trinajstić information content (AvgIpc) is 3.93. The van der Waals surface area contributed by atoms with Gasteiger partial charge in [0.05, 0.1) is 31.0 Å². The Hall–Kier alpha value is -5.13. The highest BCUT2D eigenvalue weighted by Gasteiger charge is 2.29. The van der Waals surface area contributed by atoms with Crippen LogP contribution in [0, 0.1) is 13.8 Å². The van der Waals surface area contributed by atoms with Crippen LogP contribution in [0.15, 0.2) is 130 Å². The molecule has 67 heavy (non-hydrogen) atoms. The zero-order valence-corrected chi connectivity index (χ0v) is 42.4. The molecule has 0 N–H and O–H groups in total. The molecule has 2 aliphatic heterocycles. The average molecular weight is 991 g/mol. The minimum atomic E-state index is -4.33. The smallest absolute Gasteiger partial charge is 0.263 e. The van der Waals surface area contributed by atoms with Crippen molar-refractivity contribution in [1.29, 1.82) is 0 Å². The number of nitrogens with zero attached hydrogens (tertiary/aromatic N) is 4. The molecule has 4 aromatic carbocycles. The Balaban J connectivity index is 0.000000206. The van der Waals surface area contributed by atoms with Gasteiger partial charge >= 0.3 is 0 Å². The molecule has 2 aliphatic rings. The fourth-order valence-electron chi connectivity index (χ4n) is 8.79. The van der Waals surface area contributed by atoms with Crippen LogP contribution in [-0.4, -0.2) is 50.5 Å². The van der Waals surface area contributed by atoms with Crippen molar-refractivity contribution in [1.82, 2.24) is 0 Å². The Kier molecular flexibility index (Phi) is 14.9. The van der Waals surface area contributed by atoms with E-state index in [4.69, 9.17) is 0 Å². The van der Waals surface area contributed by atoms with Gasteiger partial charge in [-0.05, 0) is 93.5 Å². The predicted molar refractivity (Wildman–Crippen MR) is 278 cm³/mol. The number of hydrogen-bond acceptors (Lipinski definition) is 11. The van der Waals surface area contributed by atoms with Crippen molar-refractivity contribution in [3.05, 3.63) is 152 Å². The second-order valence-corrected chi connectivity index (χ2v) is 23.1. The van der Waals surface area contributed by atoms with Crippen molar-refractivity contribution in [2.75, 3.05) is 34.4 Å². The maximum Gasteiger partial charge on any atom is 0.263 e. The van der Waals surface area contributed by atoms with E-state index in [2.05, 4.69) is 163 Å². The summed E-state index contributed by atoms with van der Waals surface area (Å²) in [5.74, 6) is -0.841. The number of thiazole rings is 1. The van der Waals surface area contributed by atoms with Crippen molar-refractivity contribution in [2.24, 2.45) is 0 Å². The first kappa shape index (κ1) is 48.3. The maximum atomic E-state index is 11.4. The molecule has 0 bridgehead atoms. The number of rotatable bonds is 14. The number of anilines is 2. The van der Waals surface area contributed by atoms with Crippen LogP contribution in [0.4, 0.5) is 11.4 Å². The number of aryl methyl sites for hydroxylation is 4. The zero-order valence-electron chi connectivity index (χ0n) is 38.3. The van der Waals surface area contributed by atoms with Crippen LogP contribution in [0.3, 0.4) is 0 Å². The predicted octanol–water partition coefficient (Wildman–Crippen LogP) is 11.2. The third kappa shape index (κ3) is 10.9. The number of thiophene rings is 1. The van der Waals surface area contributed by atoms with Gasteiger partial charge < -0.3 is 18.9 Å². The molecule has 0 saturated carbocycles. The lowest BCUT2D eigenvalue weighted by Gasteiger charge is -2.29. The Morgan fingerprint density at radius 2 is 1.45 bits per heavy atom. The van der Waals surface area contributed by atoms with Gasteiger partial charge in [0.15, 0.2) is 10.6 Å². The Morgan fingerprint density at radius 3 is 2.19 bits per heavy atom. The van der Waals surface area contributed by atoms with Gasteiger partial charge in [-0.2, -0.15) is 9.13 Å². The number of likely N-dealkylation sites (N-methyl/N-ethyl adjacent to an activating group) is 1. The number of pyridine rings is 1. The summed E-state index contributed by atoms with van der Waals surface area (Å²) >= 11 is 4.98. The molecule has 0 spiro atoms. The van der Waals surface area contributed by atoms with E-state index in [1.807, 2.05) is 18.2 Å². The topological polar surface area (TPSA) is 129 Å². The van der Waals surface area contributed by atoms with Crippen LogP contribution in [-0.2, 0) is 33.3 Å². The summed E-state index contributed by atoms with van der Waals surface area (Å²) in [7, 11) is -8.63. The largest absolute Gasteiger partial charge is 0.748 e. The molecule has 348 valence electrons. The molecule has 5 heterocycles. The molecule has 15 heteroatoms. The van der Waals surface area contributed by atoms with Crippen LogP contribution in [0.2, 0.25) is 0 Å². The van der Waals surface area contributed by atoms with Gasteiger partial charge in [0.25, 0.3) is 5.01 Å². The lowest BCUT2D eigenvalue weighted by molar-refractivity contribution is -0.669. The van der Waals surface area contributed by atoms with E-state index < -0.39 is 31.7 Å². The van der Waals surface area contributed by atoms with Gasteiger partial charge in [-0.25, -0.2) is 16.8 Å². The summed E-state index contributed by atoms with van der Waals surface area (Å²) in [6, 6.07) is 33.8. The third-order valence-electron chi connectivity index (χ3n) is 12.1. The number of aromatic nitrogens is 2. The van der Waals surface area contributed by atoms with Crippen LogP contribution < -0.4 is 18.9 Å². The zero-order chi connectivity index (χ0) is 47.5. The van der Waals surface area contributed by atoms with Crippen molar-refractivity contribution in [3.8, 4) is 0 Å². The van der Waals surface area contributed by atoms with Crippen LogP contribution in [0.5, 0.6) is 0 Å². The van der Waals surface area contributed by atoms with Crippen molar-refractivity contribution in [2.45, 2.75) is 71.9 Å². The van der Waals surface area contributed by atoms with Crippen molar-refractivity contribution >= 4 is 115 Å². The number of allylic oxidation sites excluding steroid dienone is 3. The lowest BCUT2D eigenvalue weighted by Crippen LogP contribution is -2.37. The molecule has 0 unspecified atom stereocenters. The normalized spacial score (nSPS) is 15.2. The molecule has 10 nitrogen and oxygen atoms in total. The van der Waals surface area contributed by atoms with Crippen LogP contribution in [0.1, 0.15) is 66.7 Å². The molecule has 0 atom stereocenters. The number of hydrogen-bond donors (Lipinski definition) is 0. The van der Waals surface area contributed by atoms with Gasteiger partial charge in [-0.15, -0.1) is 11.3 Å². The first-order valence-corrected chi connectivity index (χ1v) is 28.1. The van der Waals surface area contributed by atoms with E-state index in [0.717, 1.165) is 71.6 Å². The van der Waals surface area contributed by atoms with Gasteiger partial charge in [0, 0.05) is 92.8 Å². The molecule has 0 aliphatic carbocycles. The number of fused-ring (bicyclic) bond motifs is 6. The second kappa shape index (κ2) is 20.6. The molecule has 0 fully saturated rings. The Bertz CT molecular complexity index is 3350. The van der Waals surface area contributed by atoms with E-state index in [9.17, 15) is 25.9 Å². The van der Waals surface area contributed by atoms with Crippen molar-refractivity contribution in [3.63, 3.8) is 0 Å². The highest BCUT2D eigenvalue weighted by atomic mass is 32.2. The molecule has 0 saturated heterocycles. The molecular formula is C52H54N4O6S5. The van der Waals surface area contributed by atoms with Gasteiger partial charge in [0.2, 0.25) is 16.7 Å². The van der Waals surface area contributed by atoms with E-state index >= 15 is 0 Å². The van der Waals surface area contributed by atoms with E-state index in [1.54, 1.807) is 34.4 Å². The molecular weight excluding hydrogens is 937 g/mol. The van der Waals surface area contributed by atoms with E-state index in [-0.39, 0.29) is 12.8 Å². The first-order valence-electron chi connectivity index (χ1n) is 22.5. The standard InChI is InChI=1S/C29H32N2O6S5.C23H23N2/c1-4-21(18-26-30(13-7-15-41(32,33)34)27-19(2)20(3)38-29(27)40-26)17-25-31(14-8-16-42(35,36)37)28-23-10-6-5-9-22(23)11-12-24(28)39-25;1-3-24-20(15-13-18-9-5-7-11-22(18)24)17-21-16-14-19-10-6-8-12-23(19)25(21)4-2/h5-6,9-12,17-18H,4,7-8,13-16H2,1-3H3,(H-,32,33,34,35,36,37);5-17H,3-4H2,1-2H3/q;+1/p-1. The Labute approximate surface area is 406 Å². The number of thioether (sulfide) groups is 1. The summed E-state index contributed by atoms with van der Waals surface area (Å²) in [5.41, 5.74) is 10.6. The highest BCUT2D eigenvalue weighted by Crippen LogP contribution is 2.50. The maximum absolute atomic E-state index is 11.4. The first-order chi connectivity index (χ1) is 32.2. The summed E-state index contributed by atoms with van der Waals surface area (Å²) < 4.78 is 73.7. The Morgan fingerprint density at radius 1 is 0.746 bits per heavy atom. The number of benzene rings is 4. The summed E-state index contributed by atoms with van der Waals surface area (Å²) in [4.78, 5) is 6.77. The molecule has 9 rings (SSSR count). The lowest BCUT2D eigenvalue weighted by atomic mass is 10.0. The SMILES string of the molecule is CCC(=C\c1sc2sc(C)c(C)c2[n+]1CCCS(=O)(=O)[O-])/C=C1/Sc2ccc3ccccc3c2N1CCCS(=O)(=O)[O-].CCN1/C(=C/c2ccc3ccccc3[n+]2CC)C=Cc2ccccc21. The number of para-hydroxylation sites is 2. The van der Waals surface area contributed by atoms with Crippen LogP contribution >= 0.6 is 34.4 Å². The second-order valence-electron chi connectivity index (χ2n) is 16.5. The molecule has 3 aromatic heterocycles. The summed E-state index contributed by atoms with van der Waals surface area (Å²) in [6.07, 6.45) is 12.1. The van der Waals surface area contributed by atoms with E-state index in [0.29, 0.717) is 13.1 Å². The fraction of sp³-hybridized carbons (Fsp3) is 0.269. The van der Waals surface area contributed by atoms with Gasteiger partial charge in [-0.3, -0.25) is 0 Å². The van der Waals surface area contributed by atoms with E-state index in [1.165, 1.54) is 38.4 Å².